The Kier molecular flexibility index (Phi) is 6.38. The minimum Gasteiger partial charge on any atom is -0.491 e. The molecule has 3 nitrogen and oxygen atoms in total. The molecule has 1 aromatic rings. The quantitative estimate of drug-likeness (QED) is 0.370. The van der Waals surface area contributed by atoms with Crippen molar-refractivity contribution in [2.45, 2.75) is 26.4 Å². The summed E-state index contributed by atoms with van der Waals surface area (Å²) < 4.78 is 7.48. The normalized spacial score (nSPS) is 13.4. The van der Waals surface area contributed by atoms with Gasteiger partial charge in [-0.05, 0) is 43.2 Å². The molecule has 1 rings (SSSR count). The standard InChI is InChI=1S/C12H19N2OPS/c1-4-10(2)15-12-7-5-11(6-8-12)9-13-14(3)16-17/h5-10,16-17H,4H2,1-3H3/b13-9+. The summed E-state index contributed by atoms with van der Waals surface area (Å²) in [7, 11) is 2.27. The highest BCUT2D eigenvalue weighted by Gasteiger charge is 2.00. The molecule has 0 aliphatic carbocycles. The van der Waals surface area contributed by atoms with Crippen LogP contribution in [0.5, 0.6) is 5.75 Å². The van der Waals surface area contributed by atoms with Crippen molar-refractivity contribution < 1.29 is 4.74 Å². The van der Waals surface area contributed by atoms with Gasteiger partial charge in [0.2, 0.25) is 0 Å². The Morgan fingerprint density at radius 1 is 1.47 bits per heavy atom. The molecular formula is C12H19N2OPS. The van der Waals surface area contributed by atoms with Gasteiger partial charge in [0.05, 0.1) is 20.3 Å². The first-order chi connectivity index (χ1) is 8.15. The Balaban J connectivity index is 2.58. The first kappa shape index (κ1) is 14.3. The van der Waals surface area contributed by atoms with E-state index in [9.17, 15) is 0 Å². The Morgan fingerprint density at radius 2 is 2.12 bits per heavy atom. The number of hydrogen-bond acceptors (Lipinski definition) is 4. The Morgan fingerprint density at radius 3 is 2.65 bits per heavy atom. The van der Waals surface area contributed by atoms with Crippen LogP contribution in [0.2, 0.25) is 0 Å². The van der Waals surface area contributed by atoms with Crippen molar-refractivity contribution >= 4 is 26.4 Å². The van der Waals surface area contributed by atoms with E-state index in [1.165, 1.54) is 0 Å². The van der Waals surface area contributed by atoms with Gasteiger partial charge in [-0.2, -0.15) is 5.10 Å². The van der Waals surface area contributed by atoms with E-state index in [2.05, 4.69) is 31.2 Å². The number of hydrogen-bond donors (Lipinski definition) is 1. The largest absolute Gasteiger partial charge is 0.491 e. The average molecular weight is 270 g/mol. The molecule has 0 radical (unpaired) electrons. The minimum atomic E-state index is 0.256. The highest BCUT2D eigenvalue weighted by atomic mass is 32.7. The lowest BCUT2D eigenvalue weighted by Crippen LogP contribution is -2.09. The number of nitrogens with zero attached hydrogens (tertiary/aromatic N) is 2. The third-order valence-corrected chi connectivity index (χ3v) is 3.59. The Hall–Kier alpha value is -0.730. The summed E-state index contributed by atoms with van der Waals surface area (Å²) in [5.41, 5.74) is 1.06. The van der Waals surface area contributed by atoms with Crippen molar-refractivity contribution in [1.29, 1.82) is 0 Å². The monoisotopic (exact) mass is 270 g/mol. The van der Waals surface area contributed by atoms with Gasteiger partial charge in [-0.1, -0.05) is 6.92 Å². The molecule has 2 atom stereocenters. The summed E-state index contributed by atoms with van der Waals surface area (Å²) >= 11 is 4.15. The molecule has 0 bridgehead atoms. The first-order valence-electron chi connectivity index (χ1n) is 5.60. The van der Waals surface area contributed by atoms with Gasteiger partial charge in [0, 0.05) is 7.05 Å². The van der Waals surface area contributed by atoms with E-state index in [0.717, 1.165) is 17.7 Å². The van der Waals surface area contributed by atoms with E-state index in [1.807, 2.05) is 37.5 Å². The maximum Gasteiger partial charge on any atom is 0.119 e. The lowest BCUT2D eigenvalue weighted by Gasteiger charge is -2.12. The van der Waals surface area contributed by atoms with Crippen molar-refractivity contribution in [3.63, 3.8) is 0 Å². The zero-order chi connectivity index (χ0) is 12.7. The molecule has 94 valence electrons. The van der Waals surface area contributed by atoms with Gasteiger partial charge in [0.25, 0.3) is 0 Å². The Labute approximate surface area is 110 Å². The van der Waals surface area contributed by atoms with Crippen LogP contribution in [0.3, 0.4) is 0 Å². The lowest BCUT2D eigenvalue weighted by atomic mass is 10.2. The lowest BCUT2D eigenvalue weighted by molar-refractivity contribution is 0.217. The Bertz CT molecular complexity index is 356. The van der Waals surface area contributed by atoms with Crippen LogP contribution in [-0.4, -0.2) is 24.1 Å². The predicted molar refractivity (Wildman–Crippen MR) is 79.5 cm³/mol. The molecule has 0 aliphatic rings. The fourth-order valence-corrected chi connectivity index (χ4v) is 1.39. The molecule has 0 saturated carbocycles. The van der Waals surface area contributed by atoms with Crippen LogP contribution in [0.1, 0.15) is 25.8 Å². The molecule has 0 saturated heterocycles. The first-order valence-corrected chi connectivity index (χ1v) is 7.83. The molecule has 5 heteroatoms. The second kappa shape index (κ2) is 7.57. The molecule has 0 spiro atoms. The zero-order valence-electron chi connectivity index (χ0n) is 10.4. The second-order valence-electron chi connectivity index (χ2n) is 3.77. The van der Waals surface area contributed by atoms with E-state index in [1.54, 1.807) is 4.78 Å². The maximum absolute atomic E-state index is 5.70. The van der Waals surface area contributed by atoms with Crippen molar-refractivity contribution in [1.82, 2.24) is 4.78 Å². The van der Waals surface area contributed by atoms with Gasteiger partial charge in [0.15, 0.2) is 0 Å². The van der Waals surface area contributed by atoms with E-state index < -0.39 is 0 Å². The molecule has 0 fully saturated rings. The number of ether oxygens (including phenoxy) is 1. The minimum absolute atomic E-state index is 0.256. The zero-order valence-corrected chi connectivity index (χ0v) is 12.3. The van der Waals surface area contributed by atoms with Crippen LogP contribution in [0.4, 0.5) is 0 Å². The van der Waals surface area contributed by atoms with Gasteiger partial charge in [-0.3, -0.25) is 4.78 Å². The molecule has 2 unspecified atom stereocenters. The van der Waals surface area contributed by atoms with E-state index in [0.29, 0.717) is 7.93 Å². The topological polar surface area (TPSA) is 24.8 Å². The maximum atomic E-state index is 5.70. The number of rotatable bonds is 6. The van der Waals surface area contributed by atoms with E-state index in [-0.39, 0.29) is 6.10 Å². The third kappa shape index (κ3) is 5.42. The van der Waals surface area contributed by atoms with Gasteiger partial charge in [0.1, 0.15) is 5.75 Å². The SMILES string of the molecule is CCC(C)Oc1ccc(/C=N/N(C)PS)cc1. The van der Waals surface area contributed by atoms with Gasteiger partial charge in [-0.15, -0.1) is 12.2 Å². The van der Waals surface area contributed by atoms with Crippen LogP contribution in [0, 0.1) is 0 Å². The molecule has 1 aromatic carbocycles. The summed E-state index contributed by atoms with van der Waals surface area (Å²) in [6, 6.07) is 7.93. The summed E-state index contributed by atoms with van der Waals surface area (Å²) in [6.45, 7) is 4.18. The average Bonchev–Trinajstić information content (AvgIpc) is 2.37. The third-order valence-electron chi connectivity index (χ3n) is 2.32. The summed E-state index contributed by atoms with van der Waals surface area (Å²) in [5, 5.41) is 4.22. The predicted octanol–water partition coefficient (Wildman–Crippen LogP) is 3.57. The van der Waals surface area contributed by atoms with Crippen molar-refractivity contribution in [2.75, 3.05) is 7.05 Å². The number of thiol groups is 1. The van der Waals surface area contributed by atoms with Gasteiger partial charge >= 0.3 is 0 Å². The molecule has 0 heterocycles. The van der Waals surface area contributed by atoms with Crippen LogP contribution in [0.25, 0.3) is 0 Å². The fraction of sp³-hybridized carbons (Fsp3) is 0.417. The van der Waals surface area contributed by atoms with Crippen LogP contribution < -0.4 is 4.74 Å². The van der Waals surface area contributed by atoms with Crippen molar-refractivity contribution in [3.8, 4) is 5.75 Å². The highest BCUT2D eigenvalue weighted by molar-refractivity contribution is 8.37. The van der Waals surface area contributed by atoms with Crippen molar-refractivity contribution in [2.24, 2.45) is 5.10 Å². The van der Waals surface area contributed by atoms with Gasteiger partial charge in [-0.25, -0.2) is 0 Å². The highest BCUT2D eigenvalue weighted by Crippen LogP contribution is 2.19. The summed E-state index contributed by atoms with van der Waals surface area (Å²) in [4.78, 5) is 0. The van der Waals surface area contributed by atoms with Crippen LogP contribution in [-0.2, 0) is 0 Å². The van der Waals surface area contributed by atoms with Crippen LogP contribution in [0.15, 0.2) is 29.4 Å². The van der Waals surface area contributed by atoms with Crippen LogP contribution >= 0.6 is 20.2 Å². The summed E-state index contributed by atoms with van der Waals surface area (Å²) in [6.07, 6.45) is 3.08. The second-order valence-corrected chi connectivity index (χ2v) is 5.22. The number of benzene rings is 1. The summed E-state index contributed by atoms with van der Waals surface area (Å²) in [5.74, 6) is 0.904. The molecular weight excluding hydrogens is 251 g/mol. The molecule has 0 N–H and O–H groups in total. The molecule has 0 amide bonds. The van der Waals surface area contributed by atoms with Crippen molar-refractivity contribution in [3.05, 3.63) is 29.8 Å². The van der Waals surface area contributed by atoms with E-state index in [4.69, 9.17) is 4.74 Å². The van der Waals surface area contributed by atoms with Gasteiger partial charge < -0.3 is 4.74 Å². The smallest absolute Gasteiger partial charge is 0.119 e. The fourth-order valence-electron chi connectivity index (χ4n) is 1.13. The molecule has 0 aliphatic heterocycles. The molecule has 17 heavy (non-hydrogen) atoms. The van der Waals surface area contributed by atoms with E-state index >= 15 is 0 Å². The molecule has 0 aromatic heterocycles. The number of hydrazone groups is 1.